The molecular weight excluding hydrogens is 394 g/mol. The van der Waals surface area contributed by atoms with E-state index in [2.05, 4.69) is 31.2 Å². The molecule has 3 rings (SSSR count). The van der Waals surface area contributed by atoms with Crippen molar-refractivity contribution in [2.24, 2.45) is 5.10 Å². The second-order valence-corrected chi connectivity index (χ2v) is 5.98. The van der Waals surface area contributed by atoms with Gasteiger partial charge in [-0.1, -0.05) is 28.1 Å². The summed E-state index contributed by atoms with van der Waals surface area (Å²) in [5.74, 6) is 0.561. The van der Waals surface area contributed by atoms with Crippen molar-refractivity contribution >= 4 is 40.0 Å². The molecule has 0 radical (unpaired) electrons. The molecule has 120 valence electrons. The first-order valence-electron chi connectivity index (χ1n) is 6.77. The van der Waals surface area contributed by atoms with Crippen LogP contribution in [0.15, 0.2) is 58.1 Å². The van der Waals surface area contributed by atoms with Gasteiger partial charge >= 0.3 is 0 Å². The van der Waals surface area contributed by atoms with Crippen molar-refractivity contribution in [3.63, 3.8) is 0 Å². The Morgan fingerprint density at radius 2 is 1.96 bits per heavy atom. The highest BCUT2D eigenvalue weighted by molar-refractivity contribution is 9.10. The Morgan fingerprint density at radius 3 is 2.62 bits per heavy atom. The average molecular weight is 404 g/mol. The molecule has 1 aromatic heterocycles. The molecule has 0 amide bonds. The van der Waals surface area contributed by atoms with Crippen LogP contribution in [0.4, 0.5) is 5.69 Å². The van der Waals surface area contributed by atoms with Crippen molar-refractivity contribution in [2.45, 2.75) is 0 Å². The van der Waals surface area contributed by atoms with Crippen LogP contribution in [0.2, 0.25) is 0 Å². The van der Waals surface area contributed by atoms with Crippen LogP contribution in [0.1, 0.15) is 5.56 Å². The highest BCUT2D eigenvalue weighted by Gasteiger charge is 2.11. The molecule has 7 nitrogen and oxygen atoms in total. The third kappa shape index (κ3) is 3.31. The van der Waals surface area contributed by atoms with Gasteiger partial charge in [-0.05, 0) is 42.0 Å². The van der Waals surface area contributed by atoms with Gasteiger partial charge in [-0.15, -0.1) is 0 Å². The molecule has 0 fully saturated rings. The summed E-state index contributed by atoms with van der Waals surface area (Å²) in [6.07, 6.45) is 1.56. The second kappa shape index (κ2) is 6.85. The van der Waals surface area contributed by atoms with Crippen LogP contribution < -0.4 is 0 Å². The third-order valence-corrected chi connectivity index (χ3v) is 4.15. The molecule has 3 aromatic rings. The molecule has 1 heterocycles. The number of nitro groups is 1. The minimum Gasteiger partial charge on any atom is -0.258 e. The standard InChI is InChI=1S/C15H10BrN5O2S/c16-13-4-2-1-3-12(13)14-18-19-15(24)20(14)17-9-10-5-7-11(8-6-10)21(22)23/h1-9H,(H,19,24)/b17-9-. The normalized spacial score (nSPS) is 11.0. The zero-order valence-corrected chi connectivity index (χ0v) is 14.5. The Morgan fingerprint density at radius 1 is 1.25 bits per heavy atom. The molecule has 9 heteroatoms. The van der Waals surface area contributed by atoms with Crippen molar-refractivity contribution in [2.75, 3.05) is 0 Å². The van der Waals surface area contributed by atoms with E-state index in [1.54, 1.807) is 18.3 Å². The summed E-state index contributed by atoms with van der Waals surface area (Å²) in [5.41, 5.74) is 1.58. The molecule has 0 aliphatic rings. The first-order valence-corrected chi connectivity index (χ1v) is 7.97. The van der Waals surface area contributed by atoms with Crippen LogP contribution in [0.25, 0.3) is 11.4 Å². The van der Waals surface area contributed by atoms with E-state index in [-0.39, 0.29) is 5.69 Å². The van der Waals surface area contributed by atoms with Crippen LogP contribution in [0.5, 0.6) is 0 Å². The van der Waals surface area contributed by atoms with Gasteiger partial charge in [0.05, 0.1) is 11.1 Å². The smallest absolute Gasteiger partial charge is 0.258 e. The van der Waals surface area contributed by atoms with Gasteiger partial charge in [-0.3, -0.25) is 10.1 Å². The zero-order chi connectivity index (χ0) is 17.1. The predicted octanol–water partition coefficient (Wildman–Crippen LogP) is 4.16. The maximum absolute atomic E-state index is 10.7. The molecule has 0 saturated heterocycles. The fraction of sp³-hybridized carbons (Fsp3) is 0. The molecular formula is C15H10BrN5O2S. The van der Waals surface area contributed by atoms with Crippen molar-refractivity contribution in [3.8, 4) is 11.4 Å². The first-order chi connectivity index (χ1) is 11.6. The molecule has 0 unspecified atom stereocenters. The largest absolute Gasteiger partial charge is 0.269 e. The van der Waals surface area contributed by atoms with Gasteiger partial charge in [0.2, 0.25) is 4.77 Å². The Labute approximate surface area is 149 Å². The quantitative estimate of drug-likeness (QED) is 0.306. The third-order valence-electron chi connectivity index (χ3n) is 3.19. The van der Waals surface area contributed by atoms with Gasteiger partial charge in [0.15, 0.2) is 5.82 Å². The van der Waals surface area contributed by atoms with E-state index < -0.39 is 4.92 Å². The lowest BCUT2D eigenvalue weighted by molar-refractivity contribution is -0.384. The number of nitrogens with zero attached hydrogens (tertiary/aromatic N) is 4. The lowest BCUT2D eigenvalue weighted by Gasteiger charge is -2.03. The number of nitrogens with one attached hydrogen (secondary N) is 1. The molecule has 0 atom stereocenters. The van der Waals surface area contributed by atoms with E-state index in [1.165, 1.54) is 16.8 Å². The summed E-state index contributed by atoms with van der Waals surface area (Å²) in [7, 11) is 0. The minimum atomic E-state index is -0.446. The van der Waals surface area contributed by atoms with Gasteiger partial charge in [0.25, 0.3) is 5.69 Å². The molecule has 1 N–H and O–H groups in total. The van der Waals surface area contributed by atoms with E-state index in [9.17, 15) is 10.1 Å². The molecule has 0 aliphatic carbocycles. The molecule has 2 aromatic carbocycles. The number of aromatic amines is 1. The molecule has 24 heavy (non-hydrogen) atoms. The lowest BCUT2D eigenvalue weighted by Crippen LogP contribution is -1.96. The fourth-order valence-corrected chi connectivity index (χ4v) is 2.66. The maximum Gasteiger partial charge on any atom is 0.269 e. The van der Waals surface area contributed by atoms with E-state index in [4.69, 9.17) is 12.2 Å². The number of rotatable bonds is 4. The number of nitro benzene ring substituents is 1. The maximum atomic E-state index is 10.7. The first kappa shape index (κ1) is 16.2. The monoisotopic (exact) mass is 403 g/mol. The van der Waals surface area contributed by atoms with Crippen LogP contribution in [-0.4, -0.2) is 26.0 Å². The van der Waals surface area contributed by atoms with Crippen LogP contribution in [0, 0.1) is 14.9 Å². The van der Waals surface area contributed by atoms with E-state index >= 15 is 0 Å². The van der Waals surface area contributed by atoms with Crippen molar-refractivity contribution < 1.29 is 4.92 Å². The van der Waals surface area contributed by atoms with Crippen molar-refractivity contribution in [3.05, 3.63) is 73.5 Å². The summed E-state index contributed by atoms with van der Waals surface area (Å²) < 4.78 is 2.71. The predicted molar refractivity (Wildman–Crippen MR) is 96.6 cm³/mol. The SMILES string of the molecule is O=[N+]([O-])c1ccc(/C=N\n2c(-c3ccccc3Br)n[nH]c2=S)cc1. The number of hydrogen-bond donors (Lipinski definition) is 1. The van der Waals surface area contributed by atoms with Crippen molar-refractivity contribution in [1.29, 1.82) is 0 Å². The second-order valence-electron chi connectivity index (χ2n) is 4.74. The molecule has 0 saturated carbocycles. The molecule has 0 spiro atoms. The summed E-state index contributed by atoms with van der Waals surface area (Å²) in [5, 5.41) is 21.9. The fourth-order valence-electron chi connectivity index (χ4n) is 2.02. The Balaban J connectivity index is 1.96. The molecule has 0 aliphatic heterocycles. The van der Waals surface area contributed by atoms with Gasteiger partial charge in [-0.25, -0.2) is 5.10 Å². The summed E-state index contributed by atoms with van der Waals surface area (Å²) in [4.78, 5) is 10.2. The highest BCUT2D eigenvalue weighted by Crippen LogP contribution is 2.26. The summed E-state index contributed by atoms with van der Waals surface area (Å²) in [6.45, 7) is 0. The number of benzene rings is 2. The van der Waals surface area contributed by atoms with Crippen LogP contribution >= 0.6 is 28.1 Å². The summed E-state index contributed by atoms with van der Waals surface area (Å²) in [6, 6.07) is 13.7. The number of aromatic nitrogens is 3. The van der Waals surface area contributed by atoms with E-state index in [1.807, 2.05) is 24.3 Å². The van der Waals surface area contributed by atoms with Gasteiger partial charge in [0.1, 0.15) is 0 Å². The van der Waals surface area contributed by atoms with Crippen LogP contribution in [-0.2, 0) is 0 Å². The minimum absolute atomic E-state index is 0.0287. The number of halogens is 1. The number of non-ortho nitro benzene ring substituents is 1. The van der Waals surface area contributed by atoms with Gasteiger partial charge in [0, 0.05) is 22.2 Å². The van der Waals surface area contributed by atoms with Crippen LogP contribution in [0.3, 0.4) is 0 Å². The number of H-pyrrole nitrogens is 1. The summed E-state index contributed by atoms with van der Waals surface area (Å²) >= 11 is 8.69. The molecule has 0 bridgehead atoms. The van der Waals surface area contributed by atoms with Gasteiger partial charge in [-0.2, -0.15) is 14.9 Å². The van der Waals surface area contributed by atoms with Crippen molar-refractivity contribution in [1.82, 2.24) is 14.9 Å². The lowest BCUT2D eigenvalue weighted by atomic mass is 10.2. The van der Waals surface area contributed by atoms with E-state index in [0.717, 1.165) is 10.0 Å². The van der Waals surface area contributed by atoms with E-state index in [0.29, 0.717) is 16.2 Å². The Hall–Kier alpha value is -2.65. The Bertz CT molecular complexity index is 978. The average Bonchev–Trinajstić information content (AvgIpc) is 2.94. The number of hydrogen-bond acceptors (Lipinski definition) is 5. The Kier molecular flexibility index (Phi) is 4.63. The highest BCUT2D eigenvalue weighted by atomic mass is 79.9. The van der Waals surface area contributed by atoms with Gasteiger partial charge < -0.3 is 0 Å². The zero-order valence-electron chi connectivity index (χ0n) is 12.1. The topological polar surface area (TPSA) is 89.1 Å².